The maximum atomic E-state index is 10.7. The van der Waals surface area contributed by atoms with Gasteiger partial charge in [0.2, 0.25) is 0 Å². The topological polar surface area (TPSA) is 77.8 Å². The highest BCUT2D eigenvalue weighted by Gasteiger charge is 2.33. The lowest BCUT2D eigenvalue weighted by Gasteiger charge is -2.20. The summed E-state index contributed by atoms with van der Waals surface area (Å²) in [7, 11) is 0. The minimum Gasteiger partial charge on any atom is -0.479 e. The molecule has 14 heavy (non-hydrogen) atoms. The number of hydrogen-bond acceptors (Lipinski definition) is 3. The third-order valence-corrected chi connectivity index (χ3v) is 3.05. The molecule has 4 nitrogen and oxygen atoms in total. The molecule has 0 aromatic heterocycles. The second-order valence-electron chi connectivity index (χ2n) is 3.36. The molecule has 0 aliphatic heterocycles. The highest BCUT2D eigenvalue weighted by atomic mass is 79.9. The number of aliphatic hydroxyl groups excluding tert-OH is 1. The summed E-state index contributed by atoms with van der Waals surface area (Å²) in [6.45, 7) is 0.168. The van der Waals surface area contributed by atoms with Crippen molar-refractivity contribution in [3.63, 3.8) is 0 Å². The summed E-state index contributed by atoms with van der Waals surface area (Å²) in [6.07, 6.45) is 3.35. The zero-order valence-corrected chi connectivity index (χ0v) is 9.66. The maximum absolute atomic E-state index is 10.7. The molecule has 0 heterocycles. The molecular formula is C9H17BrO4. The van der Waals surface area contributed by atoms with Crippen molar-refractivity contribution in [2.75, 3.05) is 11.9 Å². The molecule has 0 aliphatic carbocycles. The number of unbranched alkanes of at least 4 members (excludes halogenated alkanes) is 3. The van der Waals surface area contributed by atoms with Crippen molar-refractivity contribution in [1.82, 2.24) is 0 Å². The van der Waals surface area contributed by atoms with Crippen LogP contribution >= 0.6 is 15.9 Å². The monoisotopic (exact) mass is 268 g/mol. The van der Waals surface area contributed by atoms with Crippen LogP contribution in [0.3, 0.4) is 0 Å². The van der Waals surface area contributed by atoms with Gasteiger partial charge in [-0.25, -0.2) is 4.79 Å². The Labute approximate surface area is 92.1 Å². The van der Waals surface area contributed by atoms with E-state index >= 15 is 0 Å². The summed E-state index contributed by atoms with van der Waals surface area (Å²) >= 11 is 2.98. The number of carboxylic acid groups (broad SMARTS) is 1. The molecule has 0 unspecified atom stereocenters. The number of carboxylic acids is 1. The fraction of sp³-hybridized carbons (Fsp3) is 0.889. The highest BCUT2D eigenvalue weighted by molar-refractivity contribution is 9.09. The standard InChI is InChI=1S/C9H17BrO4/c10-7-9(14,8(12)13)5-3-1-2-4-6-11/h11,14H,1-7H2,(H,12,13)/t9-/m1/s1. The average Bonchev–Trinajstić information content (AvgIpc) is 2.17. The van der Waals surface area contributed by atoms with Gasteiger partial charge in [0.05, 0.1) is 0 Å². The molecule has 0 radical (unpaired) electrons. The van der Waals surface area contributed by atoms with E-state index in [1.165, 1.54) is 0 Å². The van der Waals surface area contributed by atoms with Crippen molar-refractivity contribution in [1.29, 1.82) is 0 Å². The molecule has 84 valence electrons. The molecule has 0 amide bonds. The van der Waals surface area contributed by atoms with E-state index in [4.69, 9.17) is 10.2 Å². The molecule has 0 rings (SSSR count). The van der Waals surface area contributed by atoms with Gasteiger partial charge in [-0.15, -0.1) is 0 Å². The first kappa shape index (κ1) is 13.9. The molecule has 0 aliphatic rings. The Morgan fingerprint density at radius 2 is 1.79 bits per heavy atom. The Bertz CT molecular complexity index is 174. The molecule has 1 atom stereocenters. The van der Waals surface area contributed by atoms with Gasteiger partial charge in [0.15, 0.2) is 5.60 Å². The summed E-state index contributed by atoms with van der Waals surface area (Å²) in [4.78, 5) is 10.7. The van der Waals surface area contributed by atoms with Gasteiger partial charge in [0.1, 0.15) is 0 Å². The van der Waals surface area contributed by atoms with E-state index < -0.39 is 11.6 Å². The van der Waals surface area contributed by atoms with E-state index in [9.17, 15) is 9.90 Å². The van der Waals surface area contributed by atoms with E-state index in [1.807, 2.05) is 0 Å². The zero-order chi connectivity index (χ0) is 11.0. The lowest BCUT2D eigenvalue weighted by molar-refractivity contribution is -0.156. The van der Waals surface area contributed by atoms with Crippen molar-refractivity contribution >= 4 is 21.9 Å². The van der Waals surface area contributed by atoms with Crippen LogP contribution in [0.4, 0.5) is 0 Å². The Balaban J connectivity index is 3.68. The smallest absolute Gasteiger partial charge is 0.336 e. The molecular weight excluding hydrogens is 252 g/mol. The molecule has 0 aromatic rings. The molecule has 0 bridgehead atoms. The number of rotatable bonds is 8. The first-order valence-electron chi connectivity index (χ1n) is 4.69. The van der Waals surface area contributed by atoms with Crippen LogP contribution in [0.15, 0.2) is 0 Å². The van der Waals surface area contributed by atoms with Crippen molar-refractivity contribution in [3.05, 3.63) is 0 Å². The van der Waals surface area contributed by atoms with E-state index in [2.05, 4.69) is 15.9 Å². The normalized spacial score (nSPS) is 15.1. The largest absolute Gasteiger partial charge is 0.479 e. The third-order valence-electron chi connectivity index (χ3n) is 2.12. The highest BCUT2D eigenvalue weighted by Crippen LogP contribution is 2.18. The fourth-order valence-corrected chi connectivity index (χ4v) is 1.63. The first-order chi connectivity index (χ1) is 6.56. The van der Waals surface area contributed by atoms with E-state index in [1.54, 1.807) is 0 Å². The number of aliphatic hydroxyl groups is 2. The van der Waals surface area contributed by atoms with E-state index in [0.29, 0.717) is 6.42 Å². The van der Waals surface area contributed by atoms with Crippen LogP contribution in [0.5, 0.6) is 0 Å². The number of hydrogen-bond donors (Lipinski definition) is 3. The molecule has 3 N–H and O–H groups in total. The van der Waals surface area contributed by atoms with Crippen molar-refractivity contribution in [2.45, 2.75) is 37.7 Å². The SMILES string of the molecule is O=C(O)[C@](O)(CBr)CCCCCCO. The van der Waals surface area contributed by atoms with Gasteiger partial charge in [-0.3, -0.25) is 0 Å². The van der Waals surface area contributed by atoms with Crippen LogP contribution in [0.2, 0.25) is 0 Å². The van der Waals surface area contributed by atoms with E-state index in [0.717, 1.165) is 19.3 Å². The van der Waals surface area contributed by atoms with Crippen LogP contribution in [0.1, 0.15) is 32.1 Å². The molecule has 0 saturated carbocycles. The summed E-state index contributed by atoms with van der Waals surface area (Å²) in [5.74, 6) is -1.18. The third kappa shape index (κ3) is 4.93. The van der Waals surface area contributed by atoms with Gasteiger partial charge in [-0.2, -0.15) is 0 Å². The molecule has 0 spiro atoms. The predicted molar refractivity (Wildman–Crippen MR) is 56.6 cm³/mol. The summed E-state index contributed by atoms with van der Waals surface area (Å²) in [6, 6.07) is 0. The predicted octanol–water partition coefficient (Wildman–Crippen LogP) is 1.14. The van der Waals surface area contributed by atoms with Gasteiger partial charge in [0, 0.05) is 11.9 Å². The van der Waals surface area contributed by atoms with Crippen LogP contribution < -0.4 is 0 Å². The Hall–Kier alpha value is -0.130. The number of carbonyl (C=O) groups is 1. The Kier molecular flexibility index (Phi) is 7.13. The molecule has 0 aromatic carbocycles. The van der Waals surface area contributed by atoms with Crippen molar-refractivity contribution in [2.24, 2.45) is 0 Å². The quantitative estimate of drug-likeness (QED) is 0.456. The Morgan fingerprint density at radius 1 is 1.21 bits per heavy atom. The fourth-order valence-electron chi connectivity index (χ4n) is 1.11. The summed E-state index contributed by atoms with van der Waals surface area (Å²) < 4.78 is 0. The van der Waals surface area contributed by atoms with Gasteiger partial charge in [-0.1, -0.05) is 28.8 Å². The van der Waals surface area contributed by atoms with Crippen molar-refractivity contribution < 1.29 is 20.1 Å². The lowest BCUT2D eigenvalue weighted by Crippen LogP contribution is -2.40. The second-order valence-corrected chi connectivity index (χ2v) is 3.92. The van der Waals surface area contributed by atoms with Gasteiger partial charge in [0.25, 0.3) is 0 Å². The summed E-state index contributed by atoms with van der Waals surface area (Å²) in [5, 5.41) is 26.8. The molecule has 0 saturated heterocycles. The average molecular weight is 269 g/mol. The van der Waals surface area contributed by atoms with E-state index in [-0.39, 0.29) is 18.4 Å². The van der Waals surface area contributed by atoms with Crippen LogP contribution in [0, 0.1) is 0 Å². The summed E-state index contributed by atoms with van der Waals surface area (Å²) in [5.41, 5.74) is -1.64. The van der Waals surface area contributed by atoms with Crippen LogP contribution in [-0.4, -0.2) is 38.8 Å². The molecule has 0 fully saturated rings. The number of aliphatic carboxylic acids is 1. The zero-order valence-electron chi connectivity index (χ0n) is 8.08. The van der Waals surface area contributed by atoms with Crippen LogP contribution in [-0.2, 0) is 4.79 Å². The van der Waals surface area contributed by atoms with Gasteiger partial charge in [-0.05, 0) is 19.3 Å². The van der Waals surface area contributed by atoms with Crippen LogP contribution in [0.25, 0.3) is 0 Å². The minimum absolute atomic E-state index is 0.0509. The number of halogens is 1. The van der Waals surface area contributed by atoms with Crippen molar-refractivity contribution in [3.8, 4) is 0 Å². The van der Waals surface area contributed by atoms with Gasteiger partial charge >= 0.3 is 5.97 Å². The van der Waals surface area contributed by atoms with Gasteiger partial charge < -0.3 is 15.3 Å². The minimum atomic E-state index is -1.64. The number of alkyl halides is 1. The molecule has 5 heteroatoms. The maximum Gasteiger partial charge on any atom is 0.336 e. The second kappa shape index (κ2) is 7.20. The Morgan fingerprint density at radius 3 is 2.21 bits per heavy atom. The first-order valence-corrected chi connectivity index (χ1v) is 5.81. The lowest BCUT2D eigenvalue weighted by atomic mass is 9.98.